The minimum atomic E-state index is -2.05. The fourth-order valence-corrected chi connectivity index (χ4v) is 4.98. The van der Waals surface area contributed by atoms with Gasteiger partial charge in [0.1, 0.15) is 11.3 Å². The van der Waals surface area contributed by atoms with Crippen molar-refractivity contribution in [3.05, 3.63) is 38.6 Å². The number of aromatic nitrogens is 1. The Morgan fingerprint density at radius 1 is 1.09 bits per heavy atom. The summed E-state index contributed by atoms with van der Waals surface area (Å²) < 4.78 is 20.6. The van der Waals surface area contributed by atoms with Crippen LogP contribution in [0.4, 0.5) is 0 Å². The Labute approximate surface area is 213 Å². The quantitative estimate of drug-likeness (QED) is 0.261. The molecule has 190 valence electrons. The highest BCUT2D eigenvalue weighted by Crippen LogP contribution is 2.41. The average Bonchev–Trinajstić information content (AvgIpc) is 2.68. The van der Waals surface area contributed by atoms with E-state index in [-0.39, 0.29) is 34.1 Å². The molecule has 0 aliphatic rings. The number of esters is 1. The number of carbonyl (C=O) groups is 1. The third-order valence-corrected chi connectivity index (χ3v) is 11.6. The molecule has 0 amide bonds. The zero-order valence-electron chi connectivity index (χ0n) is 22.3. The predicted molar refractivity (Wildman–Crippen MR) is 145 cm³/mol. The molecule has 0 N–H and O–H groups in total. The molecule has 0 saturated carbocycles. The number of benzene rings is 1. The van der Waals surface area contributed by atoms with Gasteiger partial charge in [-0.1, -0.05) is 57.5 Å². The second-order valence-corrected chi connectivity index (χ2v) is 16.9. The summed E-state index contributed by atoms with van der Waals surface area (Å²) in [6.07, 6.45) is 1.63. The number of hydrogen-bond donors (Lipinski definition) is 0. The Hall–Kier alpha value is -1.64. The molecule has 0 unspecified atom stereocenters. The van der Waals surface area contributed by atoms with E-state index in [1.54, 1.807) is 19.2 Å². The van der Waals surface area contributed by atoms with Crippen LogP contribution in [0.1, 0.15) is 71.8 Å². The lowest BCUT2D eigenvalue weighted by Gasteiger charge is -2.41. The minimum absolute atomic E-state index is 0.0106. The van der Waals surface area contributed by atoms with Crippen LogP contribution >= 0.6 is 15.9 Å². The molecule has 1 aromatic heterocycles. The fourth-order valence-electron chi connectivity index (χ4n) is 3.54. The lowest BCUT2D eigenvalue weighted by atomic mass is 9.86. The summed E-state index contributed by atoms with van der Waals surface area (Å²) in [6.45, 7) is 22.2. The first-order valence-electron chi connectivity index (χ1n) is 11.9. The van der Waals surface area contributed by atoms with Gasteiger partial charge in [-0.3, -0.25) is 4.79 Å². The van der Waals surface area contributed by atoms with E-state index >= 15 is 0 Å². The maximum absolute atomic E-state index is 13.4. The third-order valence-electron chi connectivity index (χ3n) is 6.59. The van der Waals surface area contributed by atoms with Crippen LogP contribution in [0.3, 0.4) is 0 Å². The van der Waals surface area contributed by atoms with Crippen molar-refractivity contribution in [1.29, 1.82) is 0 Å². The number of carbonyl (C=O) groups excluding carboxylic acids is 1. The molecule has 8 heteroatoms. The van der Waals surface area contributed by atoms with Crippen molar-refractivity contribution in [3.8, 4) is 5.75 Å². The summed E-state index contributed by atoms with van der Waals surface area (Å²) in [4.78, 5) is 26.2. The van der Waals surface area contributed by atoms with Crippen LogP contribution in [0, 0.1) is 5.41 Å². The molecule has 1 atom stereocenters. The fraction of sp³-hybridized carbons (Fsp3) is 0.615. The highest BCUT2D eigenvalue weighted by atomic mass is 79.9. The van der Waals surface area contributed by atoms with Gasteiger partial charge in [0.15, 0.2) is 8.32 Å². The maximum atomic E-state index is 13.4. The second-order valence-electron chi connectivity index (χ2n) is 11.2. The van der Waals surface area contributed by atoms with Gasteiger partial charge in [0.05, 0.1) is 36.8 Å². The molecular weight excluding hydrogens is 514 g/mol. The molecular formula is C26H40BrNO5Si. The lowest BCUT2D eigenvalue weighted by molar-refractivity contribution is 0.0522. The van der Waals surface area contributed by atoms with E-state index < -0.39 is 14.3 Å². The molecule has 6 nitrogen and oxygen atoms in total. The molecule has 2 aromatic rings. The van der Waals surface area contributed by atoms with Crippen molar-refractivity contribution in [2.24, 2.45) is 5.41 Å². The molecule has 0 fully saturated rings. The van der Waals surface area contributed by atoms with Gasteiger partial charge in [0.25, 0.3) is 0 Å². The lowest BCUT2D eigenvalue weighted by Crippen LogP contribution is -2.43. The monoisotopic (exact) mass is 553 g/mol. The number of ether oxygens (including phenoxy) is 2. The average molecular weight is 555 g/mol. The van der Waals surface area contributed by atoms with Crippen LogP contribution in [0.25, 0.3) is 10.9 Å². The minimum Gasteiger partial charge on any atom is -0.492 e. The van der Waals surface area contributed by atoms with E-state index in [2.05, 4.69) is 70.6 Å². The highest BCUT2D eigenvalue weighted by Gasteiger charge is 2.39. The van der Waals surface area contributed by atoms with E-state index in [4.69, 9.17) is 13.9 Å². The van der Waals surface area contributed by atoms with Crippen LogP contribution < -0.4 is 10.2 Å². The number of hydrogen-bond acceptors (Lipinski definition) is 5. The Kier molecular flexibility index (Phi) is 8.87. The Bertz CT molecular complexity index is 1100. The summed E-state index contributed by atoms with van der Waals surface area (Å²) in [5, 5.41) is 0.461. The Morgan fingerprint density at radius 3 is 2.21 bits per heavy atom. The number of rotatable bonds is 8. The highest BCUT2D eigenvalue weighted by molar-refractivity contribution is 9.10. The first-order valence-corrected chi connectivity index (χ1v) is 15.6. The summed E-state index contributed by atoms with van der Waals surface area (Å²) >= 11 is 3.50. The summed E-state index contributed by atoms with van der Waals surface area (Å²) in [6, 6.07) is 3.44. The largest absolute Gasteiger partial charge is 0.492 e. The summed E-state index contributed by atoms with van der Waals surface area (Å²) in [5.74, 6) is -0.0416. The van der Waals surface area contributed by atoms with Crippen LogP contribution in [0.15, 0.2) is 27.6 Å². The molecule has 0 bridgehead atoms. The molecule has 34 heavy (non-hydrogen) atoms. The first kappa shape index (κ1) is 28.6. The SMILES string of the molecule is CCOC(=O)c1cn([C@H](CO[Si](C)(C)C(C)(C)C)C(C)(C)C)c2c(OCC)cc(Br)cc2c1=O. The Morgan fingerprint density at radius 2 is 1.71 bits per heavy atom. The zero-order valence-corrected chi connectivity index (χ0v) is 24.9. The van der Waals surface area contributed by atoms with Crippen LogP contribution in [0.2, 0.25) is 18.1 Å². The molecule has 1 aromatic carbocycles. The Balaban J connectivity index is 2.87. The van der Waals surface area contributed by atoms with E-state index in [0.717, 1.165) is 0 Å². The molecule has 1 heterocycles. The van der Waals surface area contributed by atoms with Crippen molar-refractivity contribution >= 4 is 41.1 Å². The van der Waals surface area contributed by atoms with Gasteiger partial charge >= 0.3 is 5.97 Å². The van der Waals surface area contributed by atoms with Gasteiger partial charge in [0.2, 0.25) is 5.43 Å². The van der Waals surface area contributed by atoms with Crippen molar-refractivity contribution in [2.75, 3.05) is 19.8 Å². The van der Waals surface area contributed by atoms with Crippen molar-refractivity contribution < 1.29 is 18.7 Å². The molecule has 0 aliphatic carbocycles. The molecule has 0 saturated heterocycles. The normalized spacial score (nSPS) is 13.7. The number of halogens is 1. The summed E-state index contributed by atoms with van der Waals surface area (Å²) in [7, 11) is -2.05. The third kappa shape index (κ3) is 6.12. The van der Waals surface area contributed by atoms with Gasteiger partial charge in [0, 0.05) is 10.7 Å². The van der Waals surface area contributed by atoms with E-state index in [1.807, 2.05) is 17.6 Å². The van der Waals surface area contributed by atoms with Crippen LogP contribution in [-0.2, 0) is 9.16 Å². The van der Waals surface area contributed by atoms with Gasteiger partial charge in [-0.25, -0.2) is 4.79 Å². The standard InChI is InChI=1S/C26H40BrNO5Si/c1-11-31-20-14-17(27)13-18-22(20)28(15-19(23(18)29)24(30)32-12-2)21(25(3,4)5)16-33-34(9,10)26(6,7)8/h13-15,21H,11-12,16H2,1-10H3/t21-/m1/s1. The van der Waals surface area contributed by atoms with E-state index in [1.165, 1.54) is 0 Å². The summed E-state index contributed by atoms with van der Waals surface area (Å²) in [5.41, 5.74) is 0.0515. The van der Waals surface area contributed by atoms with Gasteiger partial charge < -0.3 is 18.5 Å². The smallest absolute Gasteiger partial charge is 0.343 e. The van der Waals surface area contributed by atoms with Crippen LogP contribution in [-0.4, -0.2) is 38.7 Å². The first-order chi connectivity index (χ1) is 15.5. The number of nitrogens with zero attached hydrogens (tertiary/aromatic N) is 1. The van der Waals surface area contributed by atoms with Crippen molar-refractivity contribution in [2.45, 2.75) is 79.6 Å². The molecule has 0 aliphatic heterocycles. The van der Waals surface area contributed by atoms with Gasteiger partial charge in [-0.2, -0.15) is 0 Å². The van der Waals surface area contributed by atoms with Crippen molar-refractivity contribution in [3.63, 3.8) is 0 Å². The van der Waals surface area contributed by atoms with E-state index in [9.17, 15) is 9.59 Å². The van der Waals surface area contributed by atoms with E-state index in [0.29, 0.717) is 34.3 Å². The zero-order chi connectivity index (χ0) is 26.1. The topological polar surface area (TPSA) is 66.8 Å². The molecule has 0 radical (unpaired) electrons. The second kappa shape index (κ2) is 10.5. The van der Waals surface area contributed by atoms with Crippen molar-refractivity contribution in [1.82, 2.24) is 4.57 Å². The van der Waals surface area contributed by atoms with Gasteiger partial charge in [-0.05, 0) is 49.5 Å². The van der Waals surface area contributed by atoms with Gasteiger partial charge in [-0.15, -0.1) is 0 Å². The number of pyridine rings is 1. The molecule has 2 rings (SSSR count). The predicted octanol–water partition coefficient (Wildman–Crippen LogP) is 6.95. The molecule has 0 spiro atoms. The maximum Gasteiger partial charge on any atom is 0.343 e. The number of fused-ring (bicyclic) bond motifs is 1. The van der Waals surface area contributed by atoms with Crippen LogP contribution in [0.5, 0.6) is 5.75 Å².